The van der Waals surface area contributed by atoms with Gasteiger partial charge in [0.25, 0.3) is 5.91 Å². The fourth-order valence-corrected chi connectivity index (χ4v) is 2.20. The molecule has 0 spiro atoms. The van der Waals surface area contributed by atoms with E-state index in [1.54, 1.807) is 24.1 Å². The maximum absolute atomic E-state index is 13.6. The fraction of sp³-hybridized carbons (Fsp3) is 0.429. The van der Waals surface area contributed by atoms with Crippen LogP contribution in [0.1, 0.15) is 10.4 Å². The molecular weight excluding hydrogens is 261 g/mol. The Balaban J connectivity index is 1.92. The number of likely N-dealkylation sites (N-methyl/N-ethyl adjacent to an activating group) is 1. The Hall–Kier alpha value is -1.95. The van der Waals surface area contributed by atoms with Gasteiger partial charge in [-0.15, -0.1) is 0 Å². The lowest BCUT2D eigenvalue weighted by atomic mass is 10.1. The first kappa shape index (κ1) is 14.5. The summed E-state index contributed by atoms with van der Waals surface area (Å²) in [6, 6.07) is 6.00. The largest absolute Gasteiger partial charge is 0.358 e. The van der Waals surface area contributed by atoms with E-state index in [0.29, 0.717) is 32.7 Å². The van der Waals surface area contributed by atoms with E-state index in [1.807, 2.05) is 4.90 Å². The minimum atomic E-state index is -0.495. The molecule has 1 aromatic carbocycles. The summed E-state index contributed by atoms with van der Waals surface area (Å²) in [5.74, 6) is -0.827. The third kappa shape index (κ3) is 3.33. The smallest absolute Gasteiger partial charge is 0.256 e. The summed E-state index contributed by atoms with van der Waals surface area (Å²) in [4.78, 5) is 27.1. The summed E-state index contributed by atoms with van der Waals surface area (Å²) in [5.41, 5.74) is 0.104. The second-order valence-corrected chi connectivity index (χ2v) is 4.72. The van der Waals surface area contributed by atoms with E-state index >= 15 is 0 Å². The minimum absolute atomic E-state index is 0.0427. The number of piperazine rings is 1. The maximum Gasteiger partial charge on any atom is 0.256 e. The highest BCUT2D eigenvalue weighted by Gasteiger charge is 2.24. The first-order valence-corrected chi connectivity index (χ1v) is 6.58. The first-order chi connectivity index (χ1) is 9.61. The summed E-state index contributed by atoms with van der Waals surface area (Å²) in [5, 5.41) is 2.57. The van der Waals surface area contributed by atoms with Gasteiger partial charge in [0.1, 0.15) is 5.82 Å². The number of carbonyl (C=O) groups excluding carboxylic acids is 2. The molecule has 1 aliphatic rings. The van der Waals surface area contributed by atoms with Crippen molar-refractivity contribution < 1.29 is 14.0 Å². The van der Waals surface area contributed by atoms with E-state index in [-0.39, 0.29) is 17.4 Å². The Morgan fingerprint density at radius 1 is 1.20 bits per heavy atom. The summed E-state index contributed by atoms with van der Waals surface area (Å²) in [7, 11) is 1.60. The van der Waals surface area contributed by atoms with E-state index in [2.05, 4.69) is 5.32 Å². The number of hydrogen-bond donors (Lipinski definition) is 1. The SMILES string of the molecule is CNC(=O)CN1CCN(C(=O)c2ccccc2F)CC1. The molecule has 2 amide bonds. The van der Waals surface area contributed by atoms with Crippen LogP contribution in [0.5, 0.6) is 0 Å². The van der Waals surface area contributed by atoms with E-state index in [0.717, 1.165) is 0 Å². The van der Waals surface area contributed by atoms with E-state index in [1.165, 1.54) is 12.1 Å². The molecule has 1 heterocycles. The van der Waals surface area contributed by atoms with Gasteiger partial charge in [-0.3, -0.25) is 14.5 Å². The molecular formula is C14H18FN3O2. The maximum atomic E-state index is 13.6. The van der Waals surface area contributed by atoms with Gasteiger partial charge in [-0.1, -0.05) is 12.1 Å². The zero-order valence-electron chi connectivity index (χ0n) is 11.4. The van der Waals surface area contributed by atoms with Gasteiger partial charge in [0, 0.05) is 33.2 Å². The Bertz CT molecular complexity index is 499. The van der Waals surface area contributed by atoms with Crippen molar-refractivity contribution in [3.05, 3.63) is 35.6 Å². The number of rotatable bonds is 3. The molecule has 1 fully saturated rings. The van der Waals surface area contributed by atoms with Crippen LogP contribution in [0.25, 0.3) is 0 Å². The van der Waals surface area contributed by atoms with Gasteiger partial charge in [0.2, 0.25) is 5.91 Å². The van der Waals surface area contributed by atoms with Crippen LogP contribution < -0.4 is 5.32 Å². The van der Waals surface area contributed by atoms with Crippen molar-refractivity contribution in [1.82, 2.24) is 15.1 Å². The third-order valence-electron chi connectivity index (χ3n) is 3.41. The van der Waals surface area contributed by atoms with Crippen molar-refractivity contribution in [2.24, 2.45) is 0 Å². The summed E-state index contributed by atoms with van der Waals surface area (Å²) < 4.78 is 13.6. The summed E-state index contributed by atoms with van der Waals surface area (Å²) >= 11 is 0. The molecule has 5 nitrogen and oxygen atoms in total. The molecule has 0 atom stereocenters. The lowest BCUT2D eigenvalue weighted by molar-refractivity contribution is -0.122. The average Bonchev–Trinajstić information content (AvgIpc) is 2.47. The molecule has 0 radical (unpaired) electrons. The monoisotopic (exact) mass is 279 g/mol. The lowest BCUT2D eigenvalue weighted by Crippen LogP contribution is -2.51. The predicted molar refractivity (Wildman–Crippen MR) is 72.8 cm³/mol. The molecule has 2 rings (SSSR count). The normalized spacial score (nSPS) is 16.0. The molecule has 1 aliphatic heterocycles. The van der Waals surface area contributed by atoms with Gasteiger partial charge >= 0.3 is 0 Å². The highest BCUT2D eigenvalue weighted by Crippen LogP contribution is 2.12. The van der Waals surface area contributed by atoms with Gasteiger partial charge in [-0.25, -0.2) is 4.39 Å². The van der Waals surface area contributed by atoms with Gasteiger partial charge in [-0.05, 0) is 12.1 Å². The standard InChI is InChI=1S/C14H18FN3O2/c1-16-13(19)10-17-6-8-18(9-7-17)14(20)11-4-2-3-5-12(11)15/h2-5H,6-10H2,1H3,(H,16,19). The van der Waals surface area contributed by atoms with E-state index < -0.39 is 5.82 Å². The predicted octanol–water partition coefficient (Wildman–Crippen LogP) is 0.330. The number of amides is 2. The van der Waals surface area contributed by atoms with Crippen LogP contribution >= 0.6 is 0 Å². The van der Waals surface area contributed by atoms with Crippen LogP contribution in [0, 0.1) is 5.82 Å². The second kappa shape index (κ2) is 6.47. The number of nitrogens with one attached hydrogen (secondary N) is 1. The van der Waals surface area contributed by atoms with Crippen LogP contribution in [-0.4, -0.2) is 61.4 Å². The van der Waals surface area contributed by atoms with E-state index in [4.69, 9.17) is 0 Å². The molecule has 1 aromatic rings. The summed E-state index contributed by atoms with van der Waals surface area (Å²) in [6.07, 6.45) is 0. The van der Waals surface area contributed by atoms with Gasteiger partial charge in [-0.2, -0.15) is 0 Å². The van der Waals surface area contributed by atoms with Gasteiger partial charge in [0.05, 0.1) is 12.1 Å². The zero-order chi connectivity index (χ0) is 14.5. The van der Waals surface area contributed by atoms with Crippen LogP contribution in [-0.2, 0) is 4.79 Å². The van der Waals surface area contributed by atoms with Crippen molar-refractivity contribution >= 4 is 11.8 Å². The number of benzene rings is 1. The highest BCUT2D eigenvalue weighted by atomic mass is 19.1. The van der Waals surface area contributed by atoms with Crippen LogP contribution in [0.15, 0.2) is 24.3 Å². The topological polar surface area (TPSA) is 52.7 Å². The number of hydrogen-bond acceptors (Lipinski definition) is 3. The third-order valence-corrected chi connectivity index (χ3v) is 3.41. The highest BCUT2D eigenvalue weighted by molar-refractivity contribution is 5.94. The number of carbonyl (C=O) groups is 2. The molecule has 1 N–H and O–H groups in total. The number of nitrogens with zero attached hydrogens (tertiary/aromatic N) is 2. The van der Waals surface area contributed by atoms with Crippen molar-refractivity contribution in [1.29, 1.82) is 0 Å². The molecule has 0 bridgehead atoms. The molecule has 6 heteroatoms. The molecule has 0 saturated carbocycles. The lowest BCUT2D eigenvalue weighted by Gasteiger charge is -2.34. The van der Waals surface area contributed by atoms with Gasteiger partial charge in [0.15, 0.2) is 0 Å². The Morgan fingerprint density at radius 3 is 2.45 bits per heavy atom. The Kier molecular flexibility index (Phi) is 4.68. The fourth-order valence-electron chi connectivity index (χ4n) is 2.20. The Labute approximate surface area is 117 Å². The number of halogens is 1. The minimum Gasteiger partial charge on any atom is -0.358 e. The molecule has 20 heavy (non-hydrogen) atoms. The zero-order valence-corrected chi connectivity index (χ0v) is 11.4. The Morgan fingerprint density at radius 2 is 1.85 bits per heavy atom. The first-order valence-electron chi connectivity index (χ1n) is 6.58. The quantitative estimate of drug-likeness (QED) is 0.867. The van der Waals surface area contributed by atoms with Crippen LogP contribution in [0.4, 0.5) is 4.39 Å². The molecule has 0 unspecified atom stereocenters. The van der Waals surface area contributed by atoms with Crippen molar-refractivity contribution in [3.8, 4) is 0 Å². The molecule has 108 valence electrons. The van der Waals surface area contributed by atoms with E-state index in [9.17, 15) is 14.0 Å². The van der Waals surface area contributed by atoms with Crippen molar-refractivity contribution in [2.75, 3.05) is 39.8 Å². The second-order valence-electron chi connectivity index (χ2n) is 4.72. The van der Waals surface area contributed by atoms with Gasteiger partial charge < -0.3 is 10.2 Å². The van der Waals surface area contributed by atoms with Crippen LogP contribution in [0.2, 0.25) is 0 Å². The van der Waals surface area contributed by atoms with Crippen molar-refractivity contribution in [2.45, 2.75) is 0 Å². The van der Waals surface area contributed by atoms with Crippen LogP contribution in [0.3, 0.4) is 0 Å². The molecule has 0 aliphatic carbocycles. The average molecular weight is 279 g/mol. The van der Waals surface area contributed by atoms with Crippen molar-refractivity contribution in [3.63, 3.8) is 0 Å². The summed E-state index contributed by atoms with van der Waals surface area (Å²) in [6.45, 7) is 2.58. The molecule has 1 saturated heterocycles. The molecule has 0 aromatic heterocycles.